The van der Waals surface area contributed by atoms with Gasteiger partial charge in [-0.2, -0.15) is 0 Å². The van der Waals surface area contributed by atoms with Crippen LogP contribution in [-0.4, -0.2) is 64.1 Å². The molecule has 10 heteroatoms. The number of pyridine rings is 1. The number of H-pyrrole nitrogens is 1. The summed E-state index contributed by atoms with van der Waals surface area (Å²) in [5, 5.41) is 6.19. The summed E-state index contributed by atoms with van der Waals surface area (Å²) in [6.45, 7) is -0.617. The molecule has 1 fully saturated rings. The highest BCUT2D eigenvalue weighted by molar-refractivity contribution is 5.97. The lowest BCUT2D eigenvalue weighted by molar-refractivity contribution is -0.138. The van der Waals surface area contributed by atoms with Crippen molar-refractivity contribution in [3.05, 3.63) is 90.4 Å². The quantitative estimate of drug-likeness (QED) is 0.310. The number of halogens is 2. The van der Waals surface area contributed by atoms with E-state index >= 15 is 4.39 Å². The average Bonchev–Trinajstić information content (AvgIpc) is 3.58. The Hall–Kier alpha value is -4.60. The molecule has 2 aromatic carbocycles. The summed E-state index contributed by atoms with van der Waals surface area (Å²) in [7, 11) is 0. The number of benzene rings is 2. The maximum atomic E-state index is 15.1. The zero-order valence-electron chi connectivity index (χ0n) is 21.9. The molecule has 0 aliphatic carbocycles. The lowest BCUT2D eigenvalue weighted by Crippen LogP contribution is -2.49. The fraction of sp³-hybridized carbons (Fsp3) is 0.267. The summed E-state index contributed by atoms with van der Waals surface area (Å²) in [5.74, 6) is -1.77. The maximum Gasteiger partial charge on any atom is 0.251 e. The molecule has 3 N–H and O–H groups in total. The second-order valence-corrected chi connectivity index (χ2v) is 10.1. The number of hydrogen-bond acceptors (Lipinski definition) is 4. The molecular weight excluding hydrogens is 516 g/mol. The van der Waals surface area contributed by atoms with Crippen molar-refractivity contribution in [3.63, 3.8) is 0 Å². The number of rotatable bonds is 8. The number of amides is 3. The molecule has 1 aliphatic rings. The van der Waals surface area contributed by atoms with Crippen LogP contribution in [0.4, 0.5) is 8.78 Å². The molecule has 1 saturated heterocycles. The molecule has 5 rings (SSSR count). The summed E-state index contributed by atoms with van der Waals surface area (Å²) in [4.78, 5) is 47.2. The first-order chi connectivity index (χ1) is 19.3. The Morgan fingerprint density at radius 3 is 2.52 bits per heavy atom. The summed E-state index contributed by atoms with van der Waals surface area (Å²) >= 11 is 0. The van der Waals surface area contributed by atoms with E-state index in [2.05, 4.69) is 20.6 Å². The van der Waals surface area contributed by atoms with Crippen LogP contribution >= 0.6 is 0 Å². The molecular formula is C30H29F2N5O3. The summed E-state index contributed by atoms with van der Waals surface area (Å²) in [6, 6.07) is 18.5. The molecule has 3 heterocycles. The van der Waals surface area contributed by atoms with Gasteiger partial charge in [0.05, 0.1) is 19.1 Å². The third-order valence-electron chi connectivity index (χ3n) is 7.17. The molecule has 0 spiro atoms. The number of alkyl halides is 2. The molecule has 8 nitrogen and oxygen atoms in total. The van der Waals surface area contributed by atoms with Crippen molar-refractivity contribution in [1.82, 2.24) is 25.5 Å². The minimum atomic E-state index is -2.34. The van der Waals surface area contributed by atoms with Crippen LogP contribution in [0.25, 0.3) is 22.0 Å². The van der Waals surface area contributed by atoms with Crippen molar-refractivity contribution in [2.24, 2.45) is 0 Å². The largest absolute Gasteiger partial charge is 0.357 e. The summed E-state index contributed by atoms with van der Waals surface area (Å²) in [5.41, 5.74) is 1.48. The van der Waals surface area contributed by atoms with Crippen LogP contribution < -0.4 is 10.6 Å². The van der Waals surface area contributed by atoms with Gasteiger partial charge >= 0.3 is 0 Å². The molecule has 3 atom stereocenters. The Balaban J connectivity index is 1.22. The molecule has 1 aliphatic heterocycles. The van der Waals surface area contributed by atoms with Crippen LogP contribution in [-0.2, 0) is 9.59 Å². The number of fused-ring (bicyclic) bond motifs is 1. The summed E-state index contributed by atoms with van der Waals surface area (Å²) in [6.07, 6.45) is 2.86. The SMILES string of the molecule is C[C@@H](NC(=O)[C@@H]1C[C@](F)(CF)CN1C(=O)CNC(=O)c1ccc(-c2ccccc2)cc1)c1cc2cnccc2[nH]1. The van der Waals surface area contributed by atoms with Gasteiger partial charge in [0.1, 0.15) is 12.7 Å². The minimum Gasteiger partial charge on any atom is -0.357 e. The predicted molar refractivity (Wildman–Crippen MR) is 147 cm³/mol. The molecule has 0 unspecified atom stereocenters. The topological polar surface area (TPSA) is 107 Å². The number of nitrogens with one attached hydrogen (secondary N) is 3. The fourth-order valence-electron chi connectivity index (χ4n) is 4.95. The zero-order chi connectivity index (χ0) is 28.3. The van der Waals surface area contributed by atoms with Crippen molar-refractivity contribution in [3.8, 4) is 11.1 Å². The van der Waals surface area contributed by atoms with Gasteiger partial charge in [0.25, 0.3) is 5.91 Å². The highest BCUT2D eigenvalue weighted by Crippen LogP contribution is 2.32. The third-order valence-corrected chi connectivity index (χ3v) is 7.17. The number of aromatic nitrogens is 2. The van der Waals surface area contributed by atoms with Crippen LogP contribution in [0.15, 0.2) is 79.1 Å². The van der Waals surface area contributed by atoms with Crippen molar-refractivity contribution in [2.45, 2.75) is 31.1 Å². The summed E-state index contributed by atoms with van der Waals surface area (Å²) < 4.78 is 28.6. The first-order valence-corrected chi connectivity index (χ1v) is 13.0. The van der Waals surface area contributed by atoms with Crippen LogP contribution in [0, 0.1) is 0 Å². The number of carbonyl (C=O) groups excluding carboxylic acids is 3. The standard InChI is InChI=1S/C30H29F2N5O3/c1-19(25-13-23-15-33-12-11-24(23)36-25)35-29(40)26-14-30(32,17-31)18-37(26)27(38)16-34-28(39)22-9-7-21(8-10-22)20-5-3-2-4-6-20/h2-13,15,19,26,36H,14,16-18H2,1H3,(H,34,39)(H,35,40)/t19-,26+,30+/m1/s1. The van der Waals surface area contributed by atoms with E-state index in [-0.39, 0.29) is 0 Å². The van der Waals surface area contributed by atoms with Crippen LogP contribution in [0.5, 0.6) is 0 Å². The first kappa shape index (κ1) is 27.0. The monoisotopic (exact) mass is 545 g/mol. The second-order valence-electron chi connectivity index (χ2n) is 10.1. The van der Waals surface area contributed by atoms with Gasteiger partial charge in [0, 0.05) is 41.0 Å². The van der Waals surface area contributed by atoms with Crippen molar-refractivity contribution >= 4 is 28.6 Å². The van der Waals surface area contributed by atoms with E-state index in [1.807, 2.05) is 36.4 Å². The van der Waals surface area contributed by atoms with E-state index in [1.165, 1.54) is 0 Å². The Bertz CT molecular complexity index is 1490. The highest BCUT2D eigenvalue weighted by atomic mass is 19.2. The molecule has 0 saturated carbocycles. The molecule has 4 aromatic rings. The molecule has 0 radical (unpaired) electrons. The van der Waals surface area contributed by atoms with Gasteiger partial charge in [-0.25, -0.2) is 8.78 Å². The fourth-order valence-corrected chi connectivity index (χ4v) is 4.95. The van der Waals surface area contributed by atoms with E-state index < -0.39 is 61.7 Å². The number of likely N-dealkylation sites (tertiary alicyclic amines) is 1. The molecule has 2 aromatic heterocycles. The maximum absolute atomic E-state index is 15.1. The highest BCUT2D eigenvalue weighted by Gasteiger charge is 2.49. The number of nitrogens with zero attached hydrogens (tertiary/aromatic N) is 2. The van der Waals surface area contributed by atoms with Gasteiger partial charge in [-0.3, -0.25) is 19.4 Å². The Kier molecular flexibility index (Phi) is 7.59. The Morgan fingerprint density at radius 1 is 1.10 bits per heavy atom. The average molecular weight is 546 g/mol. The van der Waals surface area contributed by atoms with Crippen molar-refractivity contribution < 1.29 is 23.2 Å². The van der Waals surface area contributed by atoms with Gasteiger partial charge in [-0.05, 0) is 42.3 Å². The molecule has 0 bridgehead atoms. The number of hydrogen-bond donors (Lipinski definition) is 3. The third kappa shape index (κ3) is 5.70. The van der Waals surface area contributed by atoms with Gasteiger partial charge in [0.15, 0.2) is 5.67 Å². The lowest BCUT2D eigenvalue weighted by Gasteiger charge is -2.25. The van der Waals surface area contributed by atoms with Crippen LogP contribution in [0.2, 0.25) is 0 Å². The second kappa shape index (κ2) is 11.3. The zero-order valence-corrected chi connectivity index (χ0v) is 21.9. The van der Waals surface area contributed by atoms with Crippen molar-refractivity contribution in [2.75, 3.05) is 19.8 Å². The van der Waals surface area contributed by atoms with E-state index in [0.29, 0.717) is 11.3 Å². The Labute approximate surface area is 229 Å². The molecule has 206 valence electrons. The number of carbonyl (C=O) groups is 3. The van der Waals surface area contributed by atoms with Crippen LogP contribution in [0.3, 0.4) is 0 Å². The van der Waals surface area contributed by atoms with Gasteiger partial charge in [-0.15, -0.1) is 0 Å². The number of aromatic amines is 1. The normalized spacial score (nSPS) is 19.4. The van der Waals surface area contributed by atoms with E-state index in [4.69, 9.17) is 0 Å². The van der Waals surface area contributed by atoms with E-state index in [1.54, 1.807) is 49.6 Å². The van der Waals surface area contributed by atoms with Gasteiger partial charge in [-0.1, -0.05) is 42.5 Å². The smallest absolute Gasteiger partial charge is 0.251 e. The lowest BCUT2D eigenvalue weighted by atomic mass is 10.0. The van der Waals surface area contributed by atoms with Gasteiger partial charge in [0.2, 0.25) is 11.8 Å². The first-order valence-electron chi connectivity index (χ1n) is 13.0. The predicted octanol–water partition coefficient (Wildman–Crippen LogP) is 4.12. The van der Waals surface area contributed by atoms with Crippen molar-refractivity contribution in [1.29, 1.82) is 0 Å². The molecule has 3 amide bonds. The molecule has 40 heavy (non-hydrogen) atoms. The minimum absolute atomic E-state index is 0.342. The van der Waals surface area contributed by atoms with Crippen LogP contribution in [0.1, 0.15) is 35.4 Å². The van der Waals surface area contributed by atoms with E-state index in [0.717, 1.165) is 26.9 Å². The van der Waals surface area contributed by atoms with Gasteiger partial charge < -0.3 is 20.5 Å². The van der Waals surface area contributed by atoms with E-state index in [9.17, 15) is 18.8 Å². The Morgan fingerprint density at radius 2 is 1.82 bits per heavy atom.